The molecule has 0 unspecified atom stereocenters. The Labute approximate surface area is 148 Å². The summed E-state index contributed by atoms with van der Waals surface area (Å²) in [5.41, 5.74) is 1.05. The standard InChI is InChI=1S/C18H13ClFN3O2/c19-14-5-6-16(21-10-14)23-18(24)13-4-7-17(22-9-13)25-11-12-2-1-3-15(20)8-12/h1-10H,11H2,(H,21,23,24). The van der Waals surface area contributed by atoms with E-state index in [4.69, 9.17) is 16.3 Å². The number of amides is 1. The lowest BCUT2D eigenvalue weighted by Crippen LogP contribution is -2.13. The van der Waals surface area contributed by atoms with Gasteiger partial charge in [0.05, 0.1) is 10.6 Å². The SMILES string of the molecule is O=C(Nc1ccc(Cl)cn1)c1ccc(OCc2cccc(F)c2)nc1. The number of carbonyl (C=O) groups excluding carboxylic acids is 1. The van der Waals surface area contributed by atoms with Gasteiger partial charge in [0, 0.05) is 18.5 Å². The molecule has 25 heavy (non-hydrogen) atoms. The molecule has 126 valence electrons. The van der Waals surface area contributed by atoms with E-state index in [0.29, 0.717) is 27.8 Å². The number of rotatable bonds is 5. The number of ether oxygens (including phenoxy) is 1. The minimum Gasteiger partial charge on any atom is -0.473 e. The van der Waals surface area contributed by atoms with E-state index in [2.05, 4.69) is 15.3 Å². The Bertz CT molecular complexity index is 870. The molecule has 5 nitrogen and oxygen atoms in total. The Balaban J connectivity index is 1.59. The third-order valence-electron chi connectivity index (χ3n) is 3.24. The van der Waals surface area contributed by atoms with E-state index in [1.807, 2.05) is 0 Å². The second-order valence-corrected chi connectivity index (χ2v) is 5.56. The summed E-state index contributed by atoms with van der Waals surface area (Å²) >= 11 is 5.75. The van der Waals surface area contributed by atoms with Gasteiger partial charge in [-0.3, -0.25) is 4.79 Å². The van der Waals surface area contributed by atoms with Crippen LogP contribution in [-0.2, 0) is 6.61 Å². The van der Waals surface area contributed by atoms with Crippen molar-refractivity contribution in [2.75, 3.05) is 5.32 Å². The number of benzene rings is 1. The topological polar surface area (TPSA) is 64.1 Å². The molecule has 0 fully saturated rings. The first-order valence-electron chi connectivity index (χ1n) is 7.36. The molecule has 0 aliphatic heterocycles. The van der Waals surface area contributed by atoms with Crippen LogP contribution in [0.15, 0.2) is 60.9 Å². The normalized spacial score (nSPS) is 10.3. The van der Waals surface area contributed by atoms with Gasteiger partial charge in [-0.25, -0.2) is 14.4 Å². The van der Waals surface area contributed by atoms with Crippen molar-refractivity contribution < 1.29 is 13.9 Å². The number of anilines is 1. The van der Waals surface area contributed by atoms with Crippen LogP contribution in [0.2, 0.25) is 5.02 Å². The van der Waals surface area contributed by atoms with E-state index < -0.39 is 0 Å². The summed E-state index contributed by atoms with van der Waals surface area (Å²) in [6.07, 6.45) is 2.84. The number of carbonyl (C=O) groups is 1. The molecule has 0 saturated carbocycles. The Morgan fingerprint density at radius 2 is 2.00 bits per heavy atom. The van der Waals surface area contributed by atoms with Crippen molar-refractivity contribution in [3.05, 3.63) is 82.9 Å². The van der Waals surface area contributed by atoms with Crippen LogP contribution in [0.25, 0.3) is 0 Å². The second-order valence-electron chi connectivity index (χ2n) is 5.12. The molecule has 2 heterocycles. The molecule has 7 heteroatoms. The number of nitrogens with zero attached hydrogens (tertiary/aromatic N) is 2. The lowest BCUT2D eigenvalue weighted by atomic mass is 10.2. The lowest BCUT2D eigenvalue weighted by molar-refractivity contribution is 0.102. The fourth-order valence-corrected chi connectivity index (χ4v) is 2.13. The van der Waals surface area contributed by atoms with E-state index in [-0.39, 0.29) is 18.3 Å². The van der Waals surface area contributed by atoms with Gasteiger partial charge in [-0.05, 0) is 35.9 Å². The van der Waals surface area contributed by atoms with Crippen LogP contribution in [0.5, 0.6) is 5.88 Å². The van der Waals surface area contributed by atoms with E-state index in [9.17, 15) is 9.18 Å². The first-order valence-corrected chi connectivity index (χ1v) is 7.74. The maximum absolute atomic E-state index is 13.1. The van der Waals surface area contributed by atoms with Crippen molar-refractivity contribution >= 4 is 23.3 Å². The first-order chi connectivity index (χ1) is 12.1. The summed E-state index contributed by atoms with van der Waals surface area (Å²) in [6, 6.07) is 12.5. The van der Waals surface area contributed by atoms with Crippen molar-refractivity contribution in [3.63, 3.8) is 0 Å². The summed E-state index contributed by atoms with van der Waals surface area (Å²) in [6.45, 7) is 0.186. The van der Waals surface area contributed by atoms with Gasteiger partial charge in [0.2, 0.25) is 5.88 Å². The van der Waals surface area contributed by atoms with Crippen molar-refractivity contribution in [2.45, 2.75) is 6.61 Å². The number of nitrogens with one attached hydrogen (secondary N) is 1. The van der Waals surface area contributed by atoms with Crippen LogP contribution in [-0.4, -0.2) is 15.9 Å². The van der Waals surface area contributed by atoms with Crippen LogP contribution in [0.4, 0.5) is 10.2 Å². The van der Waals surface area contributed by atoms with Gasteiger partial charge in [-0.15, -0.1) is 0 Å². The fourth-order valence-electron chi connectivity index (χ4n) is 2.02. The molecular formula is C18H13ClFN3O2. The van der Waals surface area contributed by atoms with Gasteiger partial charge in [-0.2, -0.15) is 0 Å². The van der Waals surface area contributed by atoms with E-state index in [0.717, 1.165) is 0 Å². The van der Waals surface area contributed by atoms with Gasteiger partial charge in [0.25, 0.3) is 5.91 Å². The molecule has 0 aliphatic carbocycles. The molecule has 3 rings (SSSR count). The van der Waals surface area contributed by atoms with Crippen LogP contribution >= 0.6 is 11.6 Å². The highest BCUT2D eigenvalue weighted by Crippen LogP contribution is 2.14. The fraction of sp³-hybridized carbons (Fsp3) is 0.0556. The molecule has 1 N–H and O–H groups in total. The number of pyridine rings is 2. The molecule has 1 amide bonds. The van der Waals surface area contributed by atoms with E-state index in [1.54, 1.807) is 36.4 Å². The molecule has 0 atom stereocenters. The van der Waals surface area contributed by atoms with Crippen molar-refractivity contribution in [3.8, 4) is 5.88 Å². The number of halogens is 2. The van der Waals surface area contributed by atoms with Crippen molar-refractivity contribution in [1.82, 2.24) is 9.97 Å². The lowest BCUT2D eigenvalue weighted by Gasteiger charge is -2.07. The zero-order valence-corrected chi connectivity index (χ0v) is 13.7. The van der Waals surface area contributed by atoms with Crippen molar-refractivity contribution in [2.24, 2.45) is 0 Å². The largest absolute Gasteiger partial charge is 0.473 e. The predicted molar refractivity (Wildman–Crippen MR) is 92.2 cm³/mol. The molecule has 3 aromatic rings. The highest BCUT2D eigenvalue weighted by Gasteiger charge is 2.08. The van der Waals surface area contributed by atoms with Crippen LogP contribution in [0.1, 0.15) is 15.9 Å². The summed E-state index contributed by atoms with van der Waals surface area (Å²) in [5, 5.41) is 3.12. The zero-order valence-electron chi connectivity index (χ0n) is 12.9. The zero-order chi connectivity index (χ0) is 17.6. The number of hydrogen-bond donors (Lipinski definition) is 1. The number of hydrogen-bond acceptors (Lipinski definition) is 4. The van der Waals surface area contributed by atoms with Gasteiger partial charge < -0.3 is 10.1 Å². The van der Waals surface area contributed by atoms with E-state index >= 15 is 0 Å². The summed E-state index contributed by atoms with van der Waals surface area (Å²) in [5.74, 6) is 0.0575. The average molecular weight is 358 g/mol. The summed E-state index contributed by atoms with van der Waals surface area (Å²) in [7, 11) is 0. The Morgan fingerprint density at radius 3 is 2.68 bits per heavy atom. The van der Waals surface area contributed by atoms with Crippen LogP contribution in [0.3, 0.4) is 0 Å². The Hall–Kier alpha value is -2.99. The Kier molecular flexibility index (Phi) is 5.20. The second kappa shape index (κ2) is 7.72. The molecule has 0 saturated heterocycles. The quantitative estimate of drug-likeness (QED) is 0.746. The maximum atomic E-state index is 13.1. The maximum Gasteiger partial charge on any atom is 0.258 e. The molecule has 0 aliphatic rings. The predicted octanol–water partition coefficient (Wildman–Crippen LogP) is 4.10. The first kappa shape index (κ1) is 16.9. The molecular weight excluding hydrogens is 345 g/mol. The number of aromatic nitrogens is 2. The van der Waals surface area contributed by atoms with Gasteiger partial charge in [0.15, 0.2) is 0 Å². The Morgan fingerprint density at radius 1 is 1.12 bits per heavy atom. The minimum atomic E-state index is -0.348. The van der Waals surface area contributed by atoms with Gasteiger partial charge in [-0.1, -0.05) is 23.7 Å². The minimum absolute atomic E-state index is 0.186. The van der Waals surface area contributed by atoms with Gasteiger partial charge in [0.1, 0.15) is 18.2 Å². The molecule has 1 aromatic carbocycles. The van der Waals surface area contributed by atoms with Crippen molar-refractivity contribution in [1.29, 1.82) is 0 Å². The average Bonchev–Trinajstić information content (AvgIpc) is 2.62. The van der Waals surface area contributed by atoms with Crippen LogP contribution in [0, 0.1) is 5.82 Å². The summed E-state index contributed by atoms with van der Waals surface area (Å²) in [4.78, 5) is 20.2. The van der Waals surface area contributed by atoms with Gasteiger partial charge >= 0.3 is 0 Å². The highest BCUT2D eigenvalue weighted by atomic mass is 35.5. The molecule has 0 radical (unpaired) electrons. The monoisotopic (exact) mass is 357 g/mol. The highest BCUT2D eigenvalue weighted by molar-refractivity contribution is 6.30. The third kappa shape index (κ3) is 4.74. The molecule has 0 bridgehead atoms. The van der Waals surface area contributed by atoms with Crippen LogP contribution < -0.4 is 10.1 Å². The third-order valence-corrected chi connectivity index (χ3v) is 3.47. The molecule has 2 aromatic heterocycles. The molecule has 0 spiro atoms. The summed E-state index contributed by atoms with van der Waals surface area (Å²) < 4.78 is 18.6. The smallest absolute Gasteiger partial charge is 0.258 e. The van der Waals surface area contributed by atoms with E-state index in [1.165, 1.54) is 24.5 Å².